The van der Waals surface area contributed by atoms with Gasteiger partial charge in [-0.3, -0.25) is 0 Å². The zero-order valence-corrected chi connectivity index (χ0v) is 36.0. The SMILES string of the molecule is C=C=O.CCCCC(O)C(=O)O.CCCCCCCCCCCC[Si](C)(O[Si](C)(C)O[Si](C)(C)C)O[Si](C)(C)O[Si](C)(C)C. The fourth-order valence-electron chi connectivity index (χ4n) is 5.13. The van der Waals surface area contributed by atoms with E-state index in [-0.39, 0.29) is 0 Å². The van der Waals surface area contributed by atoms with Crippen LogP contribution in [0.4, 0.5) is 0 Å². The number of aliphatic hydroxyl groups is 1. The monoisotopic (exact) mass is 712 g/mol. The van der Waals surface area contributed by atoms with E-state index in [1.807, 2.05) is 6.92 Å². The minimum absolute atomic E-state index is 0.367. The first-order chi connectivity index (χ1) is 20.0. The van der Waals surface area contributed by atoms with E-state index in [9.17, 15) is 4.79 Å². The van der Waals surface area contributed by atoms with Gasteiger partial charge in [0.15, 0.2) is 22.7 Å². The standard InChI is InChI=1S/C23H58O4Si5.C6H12O3.C2H2O/c1-13-14-15-16-17-18-19-20-21-22-23-32(12,26-30(8,9)24-28(2,3)4)27-31(10,11)25-29(5,6)7;1-2-3-4-5(7)6(8)9;1-2-3/h13-23H2,1-12H3;5,7H,2-4H2,1H3,(H,8,9);1H2. The summed E-state index contributed by atoms with van der Waals surface area (Å²) in [6.45, 7) is 31.5. The van der Waals surface area contributed by atoms with E-state index in [1.165, 1.54) is 70.1 Å². The van der Waals surface area contributed by atoms with Gasteiger partial charge in [-0.15, -0.1) is 0 Å². The molecule has 0 aliphatic heterocycles. The van der Waals surface area contributed by atoms with Crippen molar-refractivity contribution in [1.82, 2.24) is 0 Å². The third kappa shape index (κ3) is 34.7. The number of carboxylic acids is 1. The molecule has 0 rings (SSSR count). The molecule has 8 nitrogen and oxygen atoms in total. The van der Waals surface area contributed by atoms with E-state index < -0.39 is 54.4 Å². The van der Waals surface area contributed by atoms with Gasteiger partial charge in [0.05, 0.1) is 0 Å². The lowest BCUT2D eigenvalue weighted by Gasteiger charge is -2.43. The van der Waals surface area contributed by atoms with Crippen LogP contribution in [0.5, 0.6) is 0 Å². The predicted molar refractivity (Wildman–Crippen MR) is 199 cm³/mol. The second-order valence-corrected chi connectivity index (χ2v) is 34.7. The molecule has 1 unspecified atom stereocenters. The van der Waals surface area contributed by atoms with E-state index in [0.717, 1.165) is 18.9 Å². The number of hydrogen-bond donors (Lipinski definition) is 2. The Morgan fingerprint density at radius 2 is 0.955 bits per heavy atom. The summed E-state index contributed by atoms with van der Waals surface area (Å²) < 4.78 is 26.8. The Kier molecular flexibility index (Phi) is 27.3. The molecule has 0 saturated carbocycles. The Balaban J connectivity index is -0.00000117. The van der Waals surface area contributed by atoms with Crippen LogP contribution in [0.2, 0.25) is 78.1 Å². The van der Waals surface area contributed by atoms with E-state index >= 15 is 0 Å². The zero-order valence-electron chi connectivity index (χ0n) is 31.0. The fourth-order valence-corrected chi connectivity index (χ4v) is 28.6. The Bertz CT molecular complexity index is 731. The van der Waals surface area contributed by atoms with Crippen LogP contribution in [0, 0.1) is 0 Å². The highest BCUT2D eigenvalue weighted by atomic mass is 28.5. The average Bonchev–Trinajstić information content (AvgIpc) is 2.80. The highest BCUT2D eigenvalue weighted by Crippen LogP contribution is 2.30. The minimum Gasteiger partial charge on any atom is -0.479 e. The van der Waals surface area contributed by atoms with E-state index in [0.29, 0.717) is 6.42 Å². The molecule has 1 atom stereocenters. The molecular weight excluding hydrogens is 641 g/mol. The predicted octanol–water partition coefficient (Wildman–Crippen LogP) is 9.75. The van der Waals surface area contributed by atoms with Gasteiger partial charge in [0.1, 0.15) is 5.94 Å². The molecule has 0 heterocycles. The maximum Gasteiger partial charge on any atom is 0.332 e. The maximum atomic E-state index is 9.96. The lowest BCUT2D eigenvalue weighted by Crippen LogP contribution is -2.59. The van der Waals surface area contributed by atoms with Gasteiger partial charge in [-0.05, 0) is 91.1 Å². The summed E-state index contributed by atoms with van der Waals surface area (Å²) in [5.74, 6) is 0.128. The molecule has 13 heteroatoms. The number of hydrogen-bond acceptors (Lipinski definition) is 7. The van der Waals surface area contributed by atoms with E-state index in [1.54, 1.807) is 0 Å². The van der Waals surface area contributed by atoms with Crippen LogP contribution in [0.25, 0.3) is 0 Å². The van der Waals surface area contributed by atoms with Crippen molar-refractivity contribution in [1.29, 1.82) is 0 Å². The molecule has 0 aromatic heterocycles. The lowest BCUT2D eigenvalue weighted by molar-refractivity contribution is -0.146. The zero-order chi connectivity index (χ0) is 35.1. The van der Waals surface area contributed by atoms with Crippen LogP contribution in [0.1, 0.15) is 97.3 Å². The van der Waals surface area contributed by atoms with Gasteiger partial charge in [-0.2, -0.15) is 0 Å². The Morgan fingerprint density at radius 1 is 0.636 bits per heavy atom. The van der Waals surface area contributed by atoms with Crippen LogP contribution in [-0.4, -0.2) is 70.5 Å². The minimum atomic E-state index is -2.39. The van der Waals surface area contributed by atoms with Crippen molar-refractivity contribution in [3.63, 3.8) is 0 Å². The Hall–Kier alpha value is -0.196. The van der Waals surface area contributed by atoms with Crippen LogP contribution in [-0.2, 0) is 26.0 Å². The normalized spacial score (nSPS) is 13.2. The van der Waals surface area contributed by atoms with Crippen molar-refractivity contribution >= 4 is 54.2 Å². The van der Waals surface area contributed by atoms with Crippen molar-refractivity contribution in [2.75, 3.05) is 0 Å². The van der Waals surface area contributed by atoms with Crippen LogP contribution in [0.15, 0.2) is 6.58 Å². The van der Waals surface area contributed by atoms with Crippen molar-refractivity contribution < 1.29 is 36.3 Å². The van der Waals surface area contributed by atoms with Crippen molar-refractivity contribution in [2.45, 2.75) is 181 Å². The summed E-state index contributed by atoms with van der Waals surface area (Å²) in [7, 11) is -10.2. The summed E-state index contributed by atoms with van der Waals surface area (Å²) >= 11 is 0. The van der Waals surface area contributed by atoms with Gasteiger partial charge < -0.3 is 26.7 Å². The lowest BCUT2D eigenvalue weighted by atomic mass is 10.1. The van der Waals surface area contributed by atoms with E-state index in [2.05, 4.69) is 85.5 Å². The average molecular weight is 713 g/mol. The van der Waals surface area contributed by atoms with Gasteiger partial charge in [-0.1, -0.05) is 90.9 Å². The molecule has 0 aromatic rings. The number of aliphatic carboxylic acids is 1. The quantitative estimate of drug-likeness (QED) is 0.0612. The topological polar surface area (TPSA) is 112 Å². The molecule has 0 fully saturated rings. The number of carbonyl (C=O) groups excluding carboxylic acids is 1. The van der Waals surface area contributed by atoms with Crippen LogP contribution >= 0.6 is 0 Å². The first-order valence-corrected chi connectivity index (χ1v) is 31.8. The molecule has 0 aromatic carbocycles. The summed E-state index contributed by atoms with van der Waals surface area (Å²) in [6, 6.07) is 1.04. The van der Waals surface area contributed by atoms with Gasteiger partial charge >= 0.3 is 31.7 Å². The second-order valence-electron chi connectivity index (χ2n) is 14.6. The maximum absolute atomic E-state index is 9.96. The summed E-state index contributed by atoms with van der Waals surface area (Å²) in [6.07, 6.45) is 14.4. The molecule has 0 aliphatic carbocycles. The number of carboxylic acid groups (broad SMARTS) is 1. The first kappa shape index (κ1) is 48.2. The van der Waals surface area contributed by atoms with Crippen molar-refractivity contribution in [3.05, 3.63) is 6.58 Å². The number of carbonyl (C=O) groups is 1. The fraction of sp³-hybridized carbons (Fsp3) is 0.903. The molecule has 264 valence electrons. The Labute approximate surface area is 277 Å². The molecule has 2 N–H and O–H groups in total. The summed E-state index contributed by atoms with van der Waals surface area (Å²) in [5, 5.41) is 16.8. The van der Waals surface area contributed by atoms with Gasteiger partial charge in [0, 0.05) is 0 Å². The molecule has 0 radical (unpaired) electrons. The number of aliphatic hydroxyl groups excluding tert-OH is 1. The van der Waals surface area contributed by atoms with Crippen molar-refractivity contribution in [2.24, 2.45) is 0 Å². The van der Waals surface area contributed by atoms with Gasteiger partial charge in [-0.25, -0.2) is 9.59 Å². The third-order valence-corrected chi connectivity index (χ3v) is 23.6. The Morgan fingerprint density at radius 3 is 1.25 bits per heavy atom. The smallest absolute Gasteiger partial charge is 0.332 e. The summed E-state index contributed by atoms with van der Waals surface area (Å²) in [4.78, 5) is 18.5. The molecule has 44 heavy (non-hydrogen) atoms. The van der Waals surface area contributed by atoms with E-state index in [4.69, 9.17) is 31.5 Å². The summed E-state index contributed by atoms with van der Waals surface area (Å²) in [5.41, 5.74) is 0. The second kappa shape index (κ2) is 24.9. The third-order valence-electron chi connectivity index (χ3n) is 6.13. The highest BCUT2D eigenvalue weighted by molar-refractivity contribution is 6.90. The molecule has 0 spiro atoms. The van der Waals surface area contributed by atoms with Gasteiger partial charge in [0.2, 0.25) is 0 Å². The van der Waals surface area contributed by atoms with Gasteiger partial charge in [0.25, 0.3) is 0 Å². The van der Waals surface area contributed by atoms with Crippen LogP contribution in [0.3, 0.4) is 0 Å². The highest BCUT2D eigenvalue weighted by Gasteiger charge is 2.46. The van der Waals surface area contributed by atoms with Crippen LogP contribution < -0.4 is 0 Å². The molecule has 0 bridgehead atoms. The van der Waals surface area contributed by atoms with Crippen molar-refractivity contribution in [3.8, 4) is 0 Å². The molecular formula is C31H72O8Si5. The molecule has 0 amide bonds. The molecule has 0 saturated heterocycles. The largest absolute Gasteiger partial charge is 0.479 e. The number of rotatable bonds is 23. The molecule has 0 aliphatic rings. The first-order valence-electron chi connectivity index (χ1n) is 16.8. The number of unbranched alkanes of at least 4 members (excludes halogenated alkanes) is 10.